The molecular formula is C25H20ClFN4O. The molecule has 0 aliphatic carbocycles. The third kappa shape index (κ3) is 5.68. The van der Waals surface area contributed by atoms with E-state index < -0.39 is 0 Å². The normalized spacial score (nSPS) is 10.6. The van der Waals surface area contributed by atoms with Gasteiger partial charge in [-0.1, -0.05) is 41.9 Å². The Hall–Kier alpha value is -3.77. The lowest BCUT2D eigenvalue weighted by atomic mass is 10.1. The highest BCUT2D eigenvalue weighted by Crippen LogP contribution is 2.20. The molecule has 0 saturated heterocycles. The smallest absolute Gasteiger partial charge is 0.251 e. The number of amides is 1. The Morgan fingerprint density at radius 3 is 2.41 bits per heavy atom. The summed E-state index contributed by atoms with van der Waals surface area (Å²) in [5, 5.41) is 6.70. The van der Waals surface area contributed by atoms with Crippen molar-refractivity contribution in [1.82, 2.24) is 15.3 Å². The molecule has 1 aromatic heterocycles. The summed E-state index contributed by atoms with van der Waals surface area (Å²) < 4.78 is 13.4. The lowest BCUT2D eigenvalue weighted by Gasteiger charge is -2.09. The zero-order valence-electron chi connectivity index (χ0n) is 17.1. The molecule has 5 nitrogen and oxygen atoms in total. The fraction of sp³-hybridized carbons (Fsp3) is 0.0800. The van der Waals surface area contributed by atoms with Crippen molar-refractivity contribution >= 4 is 29.1 Å². The molecule has 1 amide bonds. The van der Waals surface area contributed by atoms with E-state index in [1.54, 1.807) is 42.7 Å². The third-order valence-corrected chi connectivity index (χ3v) is 5.06. The molecule has 0 saturated carbocycles. The Labute approximate surface area is 190 Å². The Morgan fingerprint density at radius 2 is 1.66 bits per heavy atom. The Balaban J connectivity index is 1.36. The van der Waals surface area contributed by atoms with E-state index in [1.165, 1.54) is 12.1 Å². The van der Waals surface area contributed by atoms with Gasteiger partial charge in [-0.2, -0.15) is 0 Å². The van der Waals surface area contributed by atoms with Gasteiger partial charge in [-0.3, -0.25) is 4.79 Å². The van der Waals surface area contributed by atoms with E-state index in [2.05, 4.69) is 20.6 Å². The molecule has 4 rings (SSSR count). The standard InChI is InChI=1S/C25H20ClFN4O/c26-21-9-7-17(8-10-21)11-12-28-24(32)19-4-2-6-23(14-19)31-25-29-15-20(16-30-25)18-3-1-5-22(27)13-18/h1-10,13-16H,11-12H2,(H,28,32)(H,29,30,31). The van der Waals surface area contributed by atoms with Crippen LogP contribution in [0, 0.1) is 5.82 Å². The maximum atomic E-state index is 13.4. The minimum Gasteiger partial charge on any atom is -0.352 e. The van der Waals surface area contributed by atoms with E-state index in [4.69, 9.17) is 11.6 Å². The van der Waals surface area contributed by atoms with E-state index >= 15 is 0 Å². The molecule has 32 heavy (non-hydrogen) atoms. The first-order chi connectivity index (χ1) is 15.6. The first-order valence-electron chi connectivity index (χ1n) is 10.0. The average Bonchev–Trinajstić information content (AvgIpc) is 2.81. The van der Waals surface area contributed by atoms with Crippen molar-refractivity contribution < 1.29 is 9.18 Å². The van der Waals surface area contributed by atoms with Gasteiger partial charge in [0.2, 0.25) is 5.95 Å². The number of rotatable bonds is 7. The summed E-state index contributed by atoms with van der Waals surface area (Å²) in [6.45, 7) is 0.517. The SMILES string of the molecule is O=C(NCCc1ccc(Cl)cc1)c1cccc(Nc2ncc(-c3cccc(F)c3)cn2)c1. The van der Waals surface area contributed by atoms with Gasteiger partial charge < -0.3 is 10.6 Å². The number of anilines is 2. The summed E-state index contributed by atoms with van der Waals surface area (Å²) in [4.78, 5) is 21.1. The van der Waals surface area contributed by atoms with Crippen LogP contribution in [0.1, 0.15) is 15.9 Å². The zero-order chi connectivity index (χ0) is 22.3. The molecule has 0 fully saturated rings. The number of carbonyl (C=O) groups excluding carboxylic acids is 1. The number of nitrogens with zero attached hydrogens (tertiary/aromatic N) is 2. The fourth-order valence-corrected chi connectivity index (χ4v) is 3.28. The van der Waals surface area contributed by atoms with Gasteiger partial charge in [0, 0.05) is 40.8 Å². The third-order valence-electron chi connectivity index (χ3n) is 4.80. The molecule has 0 bridgehead atoms. The molecule has 1 heterocycles. The minimum absolute atomic E-state index is 0.162. The number of halogens is 2. The molecule has 0 atom stereocenters. The van der Waals surface area contributed by atoms with Gasteiger partial charge in [-0.15, -0.1) is 0 Å². The van der Waals surface area contributed by atoms with E-state index in [0.29, 0.717) is 46.3 Å². The monoisotopic (exact) mass is 446 g/mol. The molecule has 0 radical (unpaired) electrons. The second-order valence-corrected chi connectivity index (χ2v) is 7.58. The summed E-state index contributed by atoms with van der Waals surface area (Å²) in [6, 6.07) is 20.9. The van der Waals surface area contributed by atoms with Crippen LogP contribution in [-0.2, 0) is 6.42 Å². The number of benzene rings is 3. The van der Waals surface area contributed by atoms with Crippen LogP contribution < -0.4 is 10.6 Å². The fourth-order valence-electron chi connectivity index (χ4n) is 3.15. The Bertz CT molecular complexity index is 1210. The predicted molar refractivity (Wildman–Crippen MR) is 125 cm³/mol. The van der Waals surface area contributed by atoms with E-state index in [-0.39, 0.29) is 11.7 Å². The molecule has 2 N–H and O–H groups in total. The van der Waals surface area contributed by atoms with Crippen molar-refractivity contribution in [2.24, 2.45) is 0 Å². The van der Waals surface area contributed by atoms with Gasteiger partial charge in [0.15, 0.2) is 0 Å². The Morgan fingerprint density at radius 1 is 0.906 bits per heavy atom. The van der Waals surface area contributed by atoms with Gasteiger partial charge in [0.25, 0.3) is 5.91 Å². The van der Waals surface area contributed by atoms with Crippen molar-refractivity contribution in [1.29, 1.82) is 0 Å². The van der Waals surface area contributed by atoms with Crippen molar-refractivity contribution in [3.8, 4) is 11.1 Å². The largest absolute Gasteiger partial charge is 0.352 e. The van der Waals surface area contributed by atoms with Crippen LogP contribution in [0.3, 0.4) is 0 Å². The lowest BCUT2D eigenvalue weighted by Crippen LogP contribution is -2.25. The van der Waals surface area contributed by atoms with Crippen LogP contribution in [-0.4, -0.2) is 22.4 Å². The summed E-state index contributed by atoms with van der Waals surface area (Å²) in [5.74, 6) is -0.0941. The molecule has 3 aromatic carbocycles. The molecule has 160 valence electrons. The van der Waals surface area contributed by atoms with Crippen LogP contribution in [0.15, 0.2) is 85.2 Å². The molecular weight excluding hydrogens is 427 g/mol. The predicted octanol–water partition coefficient (Wildman–Crippen LogP) is 5.65. The van der Waals surface area contributed by atoms with Gasteiger partial charge in [-0.25, -0.2) is 14.4 Å². The highest BCUT2D eigenvalue weighted by atomic mass is 35.5. The topological polar surface area (TPSA) is 66.9 Å². The van der Waals surface area contributed by atoms with E-state index in [1.807, 2.05) is 30.3 Å². The first kappa shape index (κ1) is 21.5. The van der Waals surface area contributed by atoms with Crippen LogP contribution in [0.5, 0.6) is 0 Å². The molecule has 4 aromatic rings. The number of hydrogen-bond donors (Lipinski definition) is 2. The van der Waals surface area contributed by atoms with Crippen molar-refractivity contribution in [3.05, 3.63) is 107 Å². The second-order valence-electron chi connectivity index (χ2n) is 7.14. The first-order valence-corrected chi connectivity index (χ1v) is 10.4. The van der Waals surface area contributed by atoms with Crippen LogP contribution in [0.4, 0.5) is 16.0 Å². The molecule has 0 aliphatic heterocycles. The van der Waals surface area contributed by atoms with Crippen molar-refractivity contribution in [2.75, 3.05) is 11.9 Å². The highest BCUT2D eigenvalue weighted by Gasteiger charge is 2.07. The summed E-state index contributed by atoms with van der Waals surface area (Å²) in [5.41, 5.74) is 3.73. The van der Waals surface area contributed by atoms with E-state index in [9.17, 15) is 9.18 Å². The maximum absolute atomic E-state index is 13.4. The quantitative estimate of drug-likeness (QED) is 0.385. The zero-order valence-corrected chi connectivity index (χ0v) is 17.8. The molecule has 7 heteroatoms. The summed E-state index contributed by atoms with van der Waals surface area (Å²) in [7, 11) is 0. The number of nitrogens with one attached hydrogen (secondary N) is 2. The minimum atomic E-state index is -0.312. The average molecular weight is 447 g/mol. The highest BCUT2D eigenvalue weighted by molar-refractivity contribution is 6.30. The van der Waals surface area contributed by atoms with Gasteiger partial charge in [0.1, 0.15) is 5.82 Å². The van der Waals surface area contributed by atoms with Gasteiger partial charge in [-0.05, 0) is 60.0 Å². The number of carbonyl (C=O) groups is 1. The maximum Gasteiger partial charge on any atom is 0.251 e. The van der Waals surface area contributed by atoms with Crippen molar-refractivity contribution in [3.63, 3.8) is 0 Å². The molecule has 0 spiro atoms. The van der Waals surface area contributed by atoms with Crippen molar-refractivity contribution in [2.45, 2.75) is 6.42 Å². The summed E-state index contributed by atoms with van der Waals surface area (Å²) >= 11 is 5.89. The van der Waals surface area contributed by atoms with Crippen LogP contribution in [0.25, 0.3) is 11.1 Å². The van der Waals surface area contributed by atoms with Crippen LogP contribution >= 0.6 is 11.6 Å². The second kappa shape index (κ2) is 10.0. The number of hydrogen-bond acceptors (Lipinski definition) is 4. The van der Waals surface area contributed by atoms with E-state index in [0.717, 1.165) is 5.56 Å². The van der Waals surface area contributed by atoms with Gasteiger partial charge in [0.05, 0.1) is 0 Å². The number of aromatic nitrogens is 2. The van der Waals surface area contributed by atoms with Gasteiger partial charge >= 0.3 is 0 Å². The molecule has 0 unspecified atom stereocenters. The van der Waals surface area contributed by atoms with Crippen LogP contribution in [0.2, 0.25) is 5.02 Å². The summed E-state index contributed by atoms with van der Waals surface area (Å²) in [6.07, 6.45) is 3.96. The lowest BCUT2D eigenvalue weighted by molar-refractivity contribution is 0.0954. The Kier molecular flexibility index (Phi) is 6.72. The molecule has 0 aliphatic rings.